The third-order valence-corrected chi connectivity index (χ3v) is 5.71. The van der Waals surface area contributed by atoms with Gasteiger partial charge in [-0.05, 0) is 37.1 Å². The zero-order valence-corrected chi connectivity index (χ0v) is 12.5. The SMILES string of the molecule is COc1ccc(S(=O)(=O)NC2CCCC2Br)cc1. The number of nitrogens with one attached hydrogen (secondary N) is 1. The molecule has 1 saturated carbocycles. The molecule has 1 aromatic carbocycles. The molecule has 0 heterocycles. The monoisotopic (exact) mass is 333 g/mol. The number of sulfonamides is 1. The van der Waals surface area contributed by atoms with Crippen molar-refractivity contribution in [3.8, 4) is 5.75 Å². The molecule has 2 atom stereocenters. The molecule has 1 aliphatic carbocycles. The van der Waals surface area contributed by atoms with Crippen LogP contribution in [0.1, 0.15) is 19.3 Å². The molecule has 0 amide bonds. The lowest BCUT2D eigenvalue weighted by Gasteiger charge is -2.16. The summed E-state index contributed by atoms with van der Waals surface area (Å²) in [5, 5.41) is 0. The van der Waals surface area contributed by atoms with Gasteiger partial charge in [0, 0.05) is 10.9 Å². The van der Waals surface area contributed by atoms with Crippen LogP contribution in [0, 0.1) is 0 Å². The van der Waals surface area contributed by atoms with Gasteiger partial charge in [0.25, 0.3) is 0 Å². The molecular formula is C12H16BrNO3S. The second kappa shape index (κ2) is 5.59. The van der Waals surface area contributed by atoms with Gasteiger partial charge in [-0.1, -0.05) is 22.4 Å². The molecule has 0 radical (unpaired) electrons. The molecule has 0 aliphatic heterocycles. The molecule has 2 rings (SSSR count). The Morgan fingerprint density at radius 3 is 2.44 bits per heavy atom. The number of rotatable bonds is 4. The quantitative estimate of drug-likeness (QED) is 0.860. The molecule has 100 valence electrons. The maximum atomic E-state index is 12.2. The molecular weight excluding hydrogens is 318 g/mol. The molecule has 1 N–H and O–H groups in total. The minimum Gasteiger partial charge on any atom is -0.497 e. The molecule has 0 aromatic heterocycles. The van der Waals surface area contributed by atoms with E-state index in [1.165, 1.54) is 0 Å². The fraction of sp³-hybridized carbons (Fsp3) is 0.500. The zero-order chi connectivity index (χ0) is 13.2. The fourth-order valence-corrected chi connectivity index (χ4v) is 4.28. The predicted octanol–water partition coefficient (Wildman–Crippen LogP) is 2.29. The van der Waals surface area contributed by atoms with Gasteiger partial charge in [0.1, 0.15) is 5.75 Å². The number of hydrogen-bond donors (Lipinski definition) is 1. The van der Waals surface area contributed by atoms with Crippen LogP contribution in [0.25, 0.3) is 0 Å². The van der Waals surface area contributed by atoms with Gasteiger partial charge in [-0.2, -0.15) is 0 Å². The van der Waals surface area contributed by atoms with E-state index in [9.17, 15) is 8.42 Å². The number of hydrogen-bond acceptors (Lipinski definition) is 3. The lowest BCUT2D eigenvalue weighted by atomic mass is 10.3. The summed E-state index contributed by atoms with van der Waals surface area (Å²) in [7, 11) is -1.89. The van der Waals surface area contributed by atoms with Crippen LogP contribution < -0.4 is 9.46 Å². The molecule has 0 saturated heterocycles. The van der Waals surface area contributed by atoms with E-state index in [2.05, 4.69) is 20.7 Å². The van der Waals surface area contributed by atoms with E-state index >= 15 is 0 Å². The molecule has 0 spiro atoms. The van der Waals surface area contributed by atoms with Crippen molar-refractivity contribution >= 4 is 26.0 Å². The highest BCUT2D eigenvalue weighted by Crippen LogP contribution is 2.27. The number of halogens is 1. The largest absolute Gasteiger partial charge is 0.497 e. The summed E-state index contributed by atoms with van der Waals surface area (Å²) in [4.78, 5) is 0.500. The maximum absolute atomic E-state index is 12.2. The van der Waals surface area contributed by atoms with Crippen LogP contribution in [-0.2, 0) is 10.0 Å². The third kappa shape index (κ3) is 3.05. The zero-order valence-electron chi connectivity index (χ0n) is 10.1. The maximum Gasteiger partial charge on any atom is 0.240 e. The lowest BCUT2D eigenvalue weighted by molar-refractivity contribution is 0.414. The van der Waals surface area contributed by atoms with Crippen LogP contribution in [0.4, 0.5) is 0 Å². The second-order valence-corrected chi connectivity index (χ2v) is 7.24. The minimum absolute atomic E-state index is 0.0166. The van der Waals surface area contributed by atoms with Gasteiger partial charge in [-0.15, -0.1) is 0 Å². The molecule has 1 aliphatic rings. The Bertz CT molecular complexity index is 501. The van der Waals surface area contributed by atoms with Crippen molar-refractivity contribution in [3.63, 3.8) is 0 Å². The Morgan fingerprint density at radius 2 is 1.94 bits per heavy atom. The molecule has 4 nitrogen and oxygen atoms in total. The van der Waals surface area contributed by atoms with Crippen molar-refractivity contribution < 1.29 is 13.2 Å². The third-order valence-electron chi connectivity index (χ3n) is 3.11. The topological polar surface area (TPSA) is 55.4 Å². The van der Waals surface area contributed by atoms with Crippen molar-refractivity contribution in [2.45, 2.75) is 35.0 Å². The van der Waals surface area contributed by atoms with Crippen LogP contribution in [-0.4, -0.2) is 26.4 Å². The van der Waals surface area contributed by atoms with Gasteiger partial charge in [0.15, 0.2) is 0 Å². The Hall–Kier alpha value is -0.590. The summed E-state index contributed by atoms with van der Waals surface area (Å²) < 4.78 is 32.1. The first-order valence-corrected chi connectivity index (χ1v) is 8.23. The van der Waals surface area contributed by atoms with Crippen LogP contribution >= 0.6 is 15.9 Å². The average Bonchev–Trinajstić information content (AvgIpc) is 2.74. The number of benzene rings is 1. The molecule has 6 heteroatoms. The van der Waals surface area contributed by atoms with Crippen molar-refractivity contribution in [1.29, 1.82) is 0 Å². The van der Waals surface area contributed by atoms with E-state index in [-0.39, 0.29) is 15.8 Å². The summed E-state index contributed by atoms with van der Waals surface area (Å²) in [5.41, 5.74) is 0. The van der Waals surface area contributed by atoms with Crippen LogP contribution in [0.2, 0.25) is 0 Å². The second-order valence-electron chi connectivity index (χ2n) is 4.35. The van der Waals surface area contributed by atoms with E-state index in [4.69, 9.17) is 4.74 Å². The number of ether oxygens (including phenoxy) is 1. The molecule has 2 unspecified atom stereocenters. The first kappa shape index (κ1) is 13.8. The van der Waals surface area contributed by atoms with Crippen molar-refractivity contribution in [1.82, 2.24) is 4.72 Å². The van der Waals surface area contributed by atoms with Crippen LogP contribution in [0.3, 0.4) is 0 Å². The Kier molecular flexibility index (Phi) is 4.29. The molecule has 0 bridgehead atoms. The Labute approximate surface area is 116 Å². The van der Waals surface area contributed by atoms with Crippen molar-refractivity contribution in [2.75, 3.05) is 7.11 Å². The van der Waals surface area contributed by atoms with E-state index < -0.39 is 10.0 Å². The van der Waals surface area contributed by atoms with Crippen molar-refractivity contribution in [3.05, 3.63) is 24.3 Å². The molecule has 1 aromatic rings. The van der Waals surface area contributed by atoms with E-state index in [0.717, 1.165) is 19.3 Å². The molecule has 1 fully saturated rings. The summed E-state index contributed by atoms with van der Waals surface area (Å²) >= 11 is 3.51. The van der Waals surface area contributed by atoms with Crippen LogP contribution in [0.5, 0.6) is 5.75 Å². The van der Waals surface area contributed by atoms with E-state index in [0.29, 0.717) is 5.75 Å². The van der Waals surface area contributed by atoms with Gasteiger partial charge in [0.2, 0.25) is 10.0 Å². The normalized spacial score (nSPS) is 24.1. The minimum atomic E-state index is -3.44. The summed E-state index contributed by atoms with van der Waals surface area (Å²) in [6.07, 6.45) is 2.94. The van der Waals surface area contributed by atoms with Gasteiger partial charge in [-0.3, -0.25) is 0 Å². The van der Waals surface area contributed by atoms with Crippen LogP contribution in [0.15, 0.2) is 29.2 Å². The van der Waals surface area contributed by atoms with Gasteiger partial charge >= 0.3 is 0 Å². The number of methoxy groups -OCH3 is 1. The lowest BCUT2D eigenvalue weighted by Crippen LogP contribution is -2.37. The summed E-state index contributed by atoms with van der Waals surface area (Å²) in [5.74, 6) is 0.646. The highest BCUT2D eigenvalue weighted by atomic mass is 79.9. The highest BCUT2D eigenvalue weighted by Gasteiger charge is 2.29. The Morgan fingerprint density at radius 1 is 1.28 bits per heavy atom. The molecule has 18 heavy (non-hydrogen) atoms. The van der Waals surface area contributed by atoms with E-state index in [1.807, 2.05) is 0 Å². The van der Waals surface area contributed by atoms with Crippen molar-refractivity contribution in [2.24, 2.45) is 0 Å². The number of alkyl halides is 1. The smallest absolute Gasteiger partial charge is 0.240 e. The van der Waals surface area contributed by atoms with Gasteiger partial charge in [-0.25, -0.2) is 13.1 Å². The summed E-state index contributed by atoms with van der Waals surface area (Å²) in [6.45, 7) is 0. The van der Waals surface area contributed by atoms with E-state index in [1.54, 1.807) is 31.4 Å². The predicted molar refractivity (Wildman–Crippen MR) is 73.7 cm³/mol. The fourth-order valence-electron chi connectivity index (χ4n) is 2.07. The standard InChI is InChI=1S/C12H16BrNO3S/c1-17-9-5-7-10(8-6-9)18(15,16)14-12-4-2-3-11(12)13/h5-8,11-12,14H,2-4H2,1H3. The Balaban J connectivity index is 2.14. The average molecular weight is 334 g/mol. The van der Waals surface area contributed by atoms with Gasteiger partial charge < -0.3 is 4.74 Å². The first-order valence-electron chi connectivity index (χ1n) is 5.83. The van der Waals surface area contributed by atoms with Gasteiger partial charge in [0.05, 0.1) is 12.0 Å². The highest BCUT2D eigenvalue weighted by molar-refractivity contribution is 9.09. The first-order chi connectivity index (χ1) is 8.53. The summed E-state index contributed by atoms with van der Waals surface area (Å²) in [6, 6.07) is 6.39.